The van der Waals surface area contributed by atoms with Gasteiger partial charge in [0.1, 0.15) is 21.8 Å². The van der Waals surface area contributed by atoms with Crippen LogP contribution in [-0.4, -0.2) is 9.97 Å². The zero-order valence-corrected chi connectivity index (χ0v) is 17.5. The number of rotatable bonds is 2. The van der Waals surface area contributed by atoms with Gasteiger partial charge in [0.25, 0.3) is 0 Å². The van der Waals surface area contributed by atoms with E-state index in [4.69, 9.17) is 43.2 Å². The molecule has 0 saturated heterocycles. The maximum Gasteiger partial charge on any atom is 0.349 e. The lowest BCUT2D eigenvalue weighted by Gasteiger charge is -2.09. The number of anilines is 6. The zero-order valence-electron chi connectivity index (χ0n) is 17.5. The molecular formula is C22H18N8O4. The van der Waals surface area contributed by atoms with Gasteiger partial charge in [0, 0.05) is 11.1 Å². The standard InChI is InChI=1S/C22H18N8O4/c23-9-5-11(25)17-13(15(9)27)21(31)33-19(29-17)7-1-2-8(4-3-7)20-30-18-12(26)6-10(24)16(28)14(18)22(32)34-20/h1-6H,23-28H2. The summed E-state index contributed by atoms with van der Waals surface area (Å²) >= 11 is 0. The molecule has 0 fully saturated rings. The molecule has 0 radical (unpaired) electrons. The quantitative estimate of drug-likeness (QED) is 0.206. The number of fused-ring (bicyclic) bond motifs is 2. The van der Waals surface area contributed by atoms with E-state index in [-0.39, 0.29) is 67.7 Å². The number of hydrogen-bond donors (Lipinski definition) is 6. The summed E-state index contributed by atoms with van der Waals surface area (Å²) in [6, 6.07) is 9.28. The highest BCUT2D eigenvalue weighted by atomic mass is 16.4. The lowest BCUT2D eigenvalue weighted by molar-refractivity contribution is 0.517. The van der Waals surface area contributed by atoms with Gasteiger partial charge < -0.3 is 43.2 Å². The van der Waals surface area contributed by atoms with E-state index in [0.717, 1.165) is 0 Å². The van der Waals surface area contributed by atoms with E-state index in [1.54, 1.807) is 24.3 Å². The van der Waals surface area contributed by atoms with Gasteiger partial charge in [-0.05, 0) is 36.4 Å². The van der Waals surface area contributed by atoms with Gasteiger partial charge in [0.05, 0.1) is 34.1 Å². The number of nitrogen functional groups attached to an aromatic ring is 6. The van der Waals surface area contributed by atoms with E-state index in [1.165, 1.54) is 12.1 Å². The Morgan fingerprint density at radius 1 is 0.559 bits per heavy atom. The van der Waals surface area contributed by atoms with E-state index >= 15 is 0 Å². The predicted molar refractivity (Wildman–Crippen MR) is 131 cm³/mol. The van der Waals surface area contributed by atoms with Gasteiger partial charge in [-0.3, -0.25) is 0 Å². The van der Waals surface area contributed by atoms with Crippen LogP contribution in [0.2, 0.25) is 0 Å². The first-order valence-electron chi connectivity index (χ1n) is 9.83. The summed E-state index contributed by atoms with van der Waals surface area (Å²) in [5.74, 6) is 0.0284. The van der Waals surface area contributed by atoms with Crippen molar-refractivity contribution in [3.8, 4) is 22.9 Å². The van der Waals surface area contributed by atoms with Gasteiger partial charge in [0.15, 0.2) is 0 Å². The molecule has 2 aromatic heterocycles. The fraction of sp³-hybridized carbons (Fsp3) is 0. The lowest BCUT2D eigenvalue weighted by Crippen LogP contribution is -2.10. The summed E-state index contributed by atoms with van der Waals surface area (Å²) in [6.45, 7) is 0. The smallest absolute Gasteiger partial charge is 0.349 e. The molecule has 0 saturated carbocycles. The van der Waals surface area contributed by atoms with Crippen molar-refractivity contribution in [1.82, 2.24) is 9.97 Å². The van der Waals surface area contributed by atoms with Gasteiger partial charge in [0.2, 0.25) is 11.8 Å². The Morgan fingerprint density at radius 2 is 0.912 bits per heavy atom. The third-order valence-electron chi connectivity index (χ3n) is 5.40. The van der Waals surface area contributed by atoms with Crippen molar-refractivity contribution >= 4 is 55.9 Å². The van der Waals surface area contributed by atoms with Crippen molar-refractivity contribution < 1.29 is 8.83 Å². The van der Waals surface area contributed by atoms with Crippen LogP contribution in [0.3, 0.4) is 0 Å². The van der Waals surface area contributed by atoms with Gasteiger partial charge in [-0.2, -0.15) is 0 Å². The Morgan fingerprint density at radius 3 is 1.26 bits per heavy atom. The molecule has 0 bridgehead atoms. The summed E-state index contributed by atoms with van der Waals surface area (Å²) in [5, 5.41) is 0.0232. The number of aromatic nitrogens is 2. The second kappa shape index (κ2) is 7.13. The van der Waals surface area contributed by atoms with Crippen LogP contribution in [-0.2, 0) is 0 Å². The summed E-state index contributed by atoms with van der Waals surface area (Å²) in [4.78, 5) is 33.8. The average Bonchev–Trinajstić information content (AvgIpc) is 2.80. The normalized spacial score (nSPS) is 11.3. The molecule has 34 heavy (non-hydrogen) atoms. The van der Waals surface area contributed by atoms with Crippen molar-refractivity contribution in [2.75, 3.05) is 34.4 Å². The van der Waals surface area contributed by atoms with E-state index in [0.29, 0.717) is 11.1 Å². The second-order valence-corrected chi connectivity index (χ2v) is 7.57. The molecule has 0 amide bonds. The van der Waals surface area contributed by atoms with Crippen LogP contribution in [0.5, 0.6) is 0 Å². The Balaban J connectivity index is 1.61. The highest BCUT2D eigenvalue weighted by molar-refractivity contribution is 6.03. The molecule has 0 unspecified atom stereocenters. The molecule has 0 aliphatic rings. The Labute approximate surface area is 189 Å². The summed E-state index contributed by atoms with van der Waals surface area (Å²) < 4.78 is 10.7. The minimum atomic E-state index is -0.727. The maximum atomic E-state index is 12.5. The van der Waals surface area contributed by atoms with Crippen LogP contribution in [0.4, 0.5) is 34.1 Å². The minimum absolute atomic E-state index is 0.0116. The number of nitrogens with two attached hydrogens (primary N) is 6. The minimum Gasteiger partial charge on any atom is -0.403 e. The Kier molecular flexibility index (Phi) is 4.33. The molecule has 12 nitrogen and oxygen atoms in total. The van der Waals surface area contributed by atoms with Crippen LogP contribution < -0.4 is 45.7 Å². The van der Waals surface area contributed by atoms with Gasteiger partial charge in [-0.1, -0.05) is 0 Å². The second-order valence-electron chi connectivity index (χ2n) is 7.57. The molecule has 0 aliphatic heterocycles. The van der Waals surface area contributed by atoms with Crippen molar-refractivity contribution in [3.05, 3.63) is 57.2 Å². The molecule has 3 aromatic carbocycles. The van der Waals surface area contributed by atoms with Crippen LogP contribution in [0.15, 0.2) is 54.8 Å². The van der Waals surface area contributed by atoms with Crippen molar-refractivity contribution in [2.45, 2.75) is 0 Å². The average molecular weight is 458 g/mol. The van der Waals surface area contributed by atoms with Crippen LogP contribution in [0.25, 0.3) is 44.7 Å². The monoisotopic (exact) mass is 458 g/mol. The summed E-state index contributed by atoms with van der Waals surface area (Å²) in [6.07, 6.45) is 0. The van der Waals surface area contributed by atoms with Crippen molar-refractivity contribution in [3.63, 3.8) is 0 Å². The van der Waals surface area contributed by atoms with Crippen LogP contribution >= 0.6 is 0 Å². The molecule has 12 heteroatoms. The van der Waals surface area contributed by atoms with E-state index in [2.05, 4.69) is 9.97 Å². The fourth-order valence-corrected chi connectivity index (χ4v) is 3.64. The lowest BCUT2D eigenvalue weighted by atomic mass is 10.1. The van der Waals surface area contributed by atoms with Crippen molar-refractivity contribution in [2.24, 2.45) is 0 Å². The topological polar surface area (TPSA) is 242 Å². The van der Waals surface area contributed by atoms with E-state index in [9.17, 15) is 9.59 Å². The number of nitrogens with zero attached hydrogens (tertiary/aromatic N) is 2. The highest BCUT2D eigenvalue weighted by Crippen LogP contribution is 2.32. The maximum absolute atomic E-state index is 12.5. The molecule has 2 heterocycles. The predicted octanol–water partition coefficient (Wildman–Crippen LogP) is 1.52. The zero-order chi connectivity index (χ0) is 24.3. The first-order chi connectivity index (χ1) is 16.2. The Bertz CT molecular complexity index is 1630. The first kappa shape index (κ1) is 20.6. The van der Waals surface area contributed by atoms with Crippen LogP contribution in [0, 0.1) is 0 Å². The third-order valence-corrected chi connectivity index (χ3v) is 5.40. The molecule has 0 spiro atoms. The fourth-order valence-electron chi connectivity index (χ4n) is 3.64. The SMILES string of the molecule is Nc1cc(N)c2nc(-c3ccc(-c4nc5c(N)cc(N)c(N)c5c(=O)o4)cc3)oc(=O)c2c1N. The molecule has 0 aliphatic carbocycles. The highest BCUT2D eigenvalue weighted by Gasteiger charge is 2.18. The molecule has 0 atom stereocenters. The molecule has 12 N–H and O–H groups in total. The molecular weight excluding hydrogens is 440 g/mol. The van der Waals surface area contributed by atoms with Gasteiger partial charge >= 0.3 is 11.3 Å². The van der Waals surface area contributed by atoms with Crippen molar-refractivity contribution in [1.29, 1.82) is 0 Å². The number of hydrogen-bond acceptors (Lipinski definition) is 12. The van der Waals surface area contributed by atoms with Crippen LogP contribution in [0.1, 0.15) is 0 Å². The van der Waals surface area contributed by atoms with Gasteiger partial charge in [-0.25, -0.2) is 19.6 Å². The third kappa shape index (κ3) is 3.01. The largest absolute Gasteiger partial charge is 0.403 e. The Hall–Kier alpha value is -5.26. The first-order valence-corrected chi connectivity index (χ1v) is 9.83. The molecule has 170 valence electrons. The number of benzene rings is 3. The molecule has 5 aromatic rings. The summed E-state index contributed by atoms with van der Waals surface area (Å²) in [7, 11) is 0. The van der Waals surface area contributed by atoms with Gasteiger partial charge in [-0.15, -0.1) is 0 Å². The van der Waals surface area contributed by atoms with E-state index in [1.807, 2.05) is 0 Å². The van der Waals surface area contributed by atoms with E-state index < -0.39 is 11.3 Å². The molecule has 5 rings (SSSR count). The summed E-state index contributed by atoms with van der Waals surface area (Å²) in [5.41, 5.74) is 35.9.